The second-order valence-corrected chi connectivity index (χ2v) is 5.54. The summed E-state index contributed by atoms with van der Waals surface area (Å²) >= 11 is 11.7. The zero-order valence-corrected chi connectivity index (χ0v) is 13.8. The molecule has 2 aromatic carbocycles. The van der Waals surface area contributed by atoms with Crippen LogP contribution in [0.5, 0.6) is 5.75 Å². The monoisotopic (exact) mass is 370 g/mol. The van der Waals surface area contributed by atoms with Crippen molar-refractivity contribution in [3.8, 4) is 5.75 Å². The van der Waals surface area contributed by atoms with Crippen LogP contribution in [-0.4, -0.2) is 25.0 Å². The molecule has 24 heavy (non-hydrogen) atoms. The number of benzene rings is 2. The van der Waals surface area contributed by atoms with E-state index in [1.807, 2.05) is 0 Å². The minimum absolute atomic E-state index is 0.271. The number of carbonyl (C=O) groups excluding carboxylic acids is 2. The van der Waals surface area contributed by atoms with E-state index in [0.717, 1.165) is 0 Å². The van der Waals surface area contributed by atoms with Crippen molar-refractivity contribution >= 4 is 40.7 Å². The molecule has 0 saturated heterocycles. The summed E-state index contributed by atoms with van der Waals surface area (Å²) in [6, 6.07) is 10.0. The van der Waals surface area contributed by atoms with E-state index in [1.54, 1.807) is 6.07 Å². The van der Waals surface area contributed by atoms with Crippen molar-refractivity contribution in [2.24, 2.45) is 0 Å². The van der Waals surface area contributed by atoms with Crippen LogP contribution in [0, 0.1) is 5.82 Å². The molecule has 0 radical (unpaired) electrons. The molecular weight excluding hydrogens is 358 g/mol. The highest BCUT2D eigenvalue weighted by molar-refractivity contribution is 6.35. The third-order valence-corrected chi connectivity index (χ3v) is 3.34. The second-order valence-electron chi connectivity index (χ2n) is 4.70. The van der Waals surface area contributed by atoms with Crippen LogP contribution >= 0.6 is 23.2 Å². The van der Waals surface area contributed by atoms with Crippen molar-refractivity contribution in [1.29, 1.82) is 0 Å². The summed E-state index contributed by atoms with van der Waals surface area (Å²) in [7, 11) is 0. The topological polar surface area (TPSA) is 67.4 Å². The quantitative estimate of drug-likeness (QED) is 0.819. The first-order valence-electron chi connectivity index (χ1n) is 6.84. The van der Waals surface area contributed by atoms with Gasteiger partial charge in [-0.1, -0.05) is 29.3 Å². The fraction of sp³-hybridized carbons (Fsp3) is 0.125. The normalized spacial score (nSPS) is 10.1. The predicted molar refractivity (Wildman–Crippen MR) is 90.0 cm³/mol. The third kappa shape index (κ3) is 5.72. The summed E-state index contributed by atoms with van der Waals surface area (Å²) in [5.74, 6) is -1.15. The molecule has 0 aliphatic rings. The van der Waals surface area contributed by atoms with Crippen LogP contribution in [0.25, 0.3) is 0 Å². The first-order chi connectivity index (χ1) is 11.4. The van der Waals surface area contributed by atoms with Crippen molar-refractivity contribution in [3.05, 3.63) is 58.3 Å². The van der Waals surface area contributed by atoms with Gasteiger partial charge in [-0.3, -0.25) is 9.59 Å². The van der Waals surface area contributed by atoms with Gasteiger partial charge in [0.2, 0.25) is 5.91 Å². The zero-order chi connectivity index (χ0) is 17.5. The van der Waals surface area contributed by atoms with Crippen molar-refractivity contribution in [3.63, 3.8) is 0 Å². The maximum absolute atomic E-state index is 13.0. The number of halogens is 3. The van der Waals surface area contributed by atoms with E-state index >= 15 is 0 Å². The van der Waals surface area contributed by atoms with E-state index in [-0.39, 0.29) is 18.2 Å². The van der Waals surface area contributed by atoms with E-state index in [0.29, 0.717) is 16.5 Å². The molecular formula is C16H13Cl2FN2O3. The minimum Gasteiger partial charge on any atom is -0.482 e. The van der Waals surface area contributed by atoms with Crippen LogP contribution in [0.1, 0.15) is 0 Å². The molecule has 0 atom stereocenters. The Hall–Kier alpha value is -2.31. The van der Waals surface area contributed by atoms with Gasteiger partial charge in [0.05, 0.1) is 11.6 Å². The third-order valence-electron chi connectivity index (χ3n) is 2.81. The number of nitrogens with one attached hydrogen (secondary N) is 2. The largest absolute Gasteiger partial charge is 0.482 e. The molecule has 2 aromatic rings. The lowest BCUT2D eigenvalue weighted by Gasteiger charge is -2.09. The van der Waals surface area contributed by atoms with Gasteiger partial charge in [-0.05, 0) is 36.4 Å². The van der Waals surface area contributed by atoms with Crippen LogP contribution < -0.4 is 15.4 Å². The molecule has 2 N–H and O–H groups in total. The van der Waals surface area contributed by atoms with Gasteiger partial charge in [0.1, 0.15) is 11.6 Å². The standard InChI is InChI=1S/C16H13Cl2FN2O3/c17-10-4-5-14(13(18)6-10)24-9-16(23)20-8-15(22)21-12-3-1-2-11(19)7-12/h1-7H,8-9H2,(H,20,23)(H,21,22). The Labute approximate surface area is 147 Å². The van der Waals surface area contributed by atoms with Crippen molar-refractivity contribution < 1.29 is 18.7 Å². The molecule has 0 fully saturated rings. The highest BCUT2D eigenvalue weighted by atomic mass is 35.5. The Morgan fingerprint density at radius 3 is 2.58 bits per heavy atom. The summed E-state index contributed by atoms with van der Waals surface area (Å²) in [6.45, 7) is -0.582. The summed E-state index contributed by atoms with van der Waals surface area (Å²) < 4.78 is 18.2. The van der Waals surface area contributed by atoms with Gasteiger partial charge in [-0.25, -0.2) is 4.39 Å². The van der Waals surface area contributed by atoms with Gasteiger partial charge < -0.3 is 15.4 Å². The van der Waals surface area contributed by atoms with Crippen LogP contribution in [0.15, 0.2) is 42.5 Å². The van der Waals surface area contributed by atoms with E-state index in [9.17, 15) is 14.0 Å². The first kappa shape index (κ1) is 18.0. The van der Waals surface area contributed by atoms with Gasteiger partial charge in [0, 0.05) is 10.7 Å². The van der Waals surface area contributed by atoms with E-state index in [2.05, 4.69) is 10.6 Å². The van der Waals surface area contributed by atoms with Crippen molar-refractivity contribution in [1.82, 2.24) is 5.32 Å². The number of rotatable bonds is 6. The van der Waals surface area contributed by atoms with E-state index in [1.165, 1.54) is 36.4 Å². The molecule has 0 heterocycles. The number of hydrogen-bond acceptors (Lipinski definition) is 3. The molecule has 126 valence electrons. The van der Waals surface area contributed by atoms with Gasteiger partial charge in [0.15, 0.2) is 6.61 Å². The second kappa shape index (κ2) is 8.52. The molecule has 0 unspecified atom stereocenters. The molecule has 5 nitrogen and oxygen atoms in total. The molecule has 0 aliphatic heterocycles. The SMILES string of the molecule is O=C(COc1ccc(Cl)cc1Cl)NCC(=O)Nc1cccc(F)c1. The molecule has 2 rings (SSSR count). The average molecular weight is 371 g/mol. The Morgan fingerprint density at radius 1 is 1.08 bits per heavy atom. The maximum atomic E-state index is 13.0. The Bertz CT molecular complexity index is 756. The average Bonchev–Trinajstić information content (AvgIpc) is 2.52. The lowest BCUT2D eigenvalue weighted by atomic mass is 10.3. The summed E-state index contributed by atoms with van der Waals surface area (Å²) in [6.07, 6.45) is 0. The van der Waals surface area contributed by atoms with Crippen LogP contribution in [0.3, 0.4) is 0 Å². The predicted octanol–water partition coefficient (Wildman–Crippen LogP) is 3.27. The van der Waals surface area contributed by atoms with Gasteiger partial charge in [-0.2, -0.15) is 0 Å². The summed E-state index contributed by atoms with van der Waals surface area (Å²) in [5, 5.41) is 5.56. The lowest BCUT2D eigenvalue weighted by molar-refractivity contribution is -0.125. The minimum atomic E-state index is -0.504. The first-order valence-corrected chi connectivity index (χ1v) is 7.59. The molecule has 2 amide bonds. The van der Waals surface area contributed by atoms with E-state index in [4.69, 9.17) is 27.9 Å². The molecule has 0 aliphatic carbocycles. The smallest absolute Gasteiger partial charge is 0.258 e. The fourth-order valence-corrected chi connectivity index (χ4v) is 2.20. The maximum Gasteiger partial charge on any atom is 0.258 e. The van der Waals surface area contributed by atoms with Crippen LogP contribution in [0.4, 0.5) is 10.1 Å². The molecule has 0 saturated carbocycles. The van der Waals surface area contributed by atoms with E-state index < -0.39 is 17.6 Å². The highest BCUT2D eigenvalue weighted by Crippen LogP contribution is 2.27. The number of anilines is 1. The Morgan fingerprint density at radius 2 is 1.88 bits per heavy atom. The number of amides is 2. The molecule has 0 aromatic heterocycles. The Kier molecular flexibility index (Phi) is 6.40. The van der Waals surface area contributed by atoms with Crippen molar-refractivity contribution in [2.45, 2.75) is 0 Å². The van der Waals surface area contributed by atoms with Crippen LogP contribution in [0.2, 0.25) is 10.0 Å². The number of carbonyl (C=O) groups is 2. The highest BCUT2D eigenvalue weighted by Gasteiger charge is 2.09. The van der Waals surface area contributed by atoms with Gasteiger partial charge in [-0.15, -0.1) is 0 Å². The number of hydrogen-bond donors (Lipinski definition) is 2. The number of ether oxygens (including phenoxy) is 1. The Balaban J connectivity index is 1.75. The summed E-state index contributed by atoms with van der Waals surface area (Å²) in [5.41, 5.74) is 0.304. The molecule has 0 bridgehead atoms. The summed E-state index contributed by atoms with van der Waals surface area (Å²) in [4.78, 5) is 23.3. The zero-order valence-electron chi connectivity index (χ0n) is 12.3. The van der Waals surface area contributed by atoms with Crippen LogP contribution in [-0.2, 0) is 9.59 Å². The fourth-order valence-electron chi connectivity index (χ4n) is 1.74. The van der Waals surface area contributed by atoms with Gasteiger partial charge in [0.25, 0.3) is 5.91 Å². The molecule has 0 spiro atoms. The van der Waals surface area contributed by atoms with Gasteiger partial charge >= 0.3 is 0 Å². The lowest BCUT2D eigenvalue weighted by Crippen LogP contribution is -2.35. The molecule has 8 heteroatoms. The van der Waals surface area contributed by atoms with Crippen molar-refractivity contribution in [2.75, 3.05) is 18.5 Å².